The van der Waals surface area contributed by atoms with Crippen LogP contribution < -0.4 is 20.9 Å². The summed E-state index contributed by atoms with van der Waals surface area (Å²) in [5.41, 5.74) is 1.72. The Morgan fingerprint density at radius 1 is 1.19 bits per heavy atom. The minimum absolute atomic E-state index is 0.132. The summed E-state index contributed by atoms with van der Waals surface area (Å²) in [6.07, 6.45) is 1.71. The van der Waals surface area contributed by atoms with Gasteiger partial charge in [-0.25, -0.2) is 9.78 Å². The lowest BCUT2D eigenvalue weighted by molar-refractivity contribution is 0.132. The lowest BCUT2D eigenvalue weighted by atomic mass is 10.0. The summed E-state index contributed by atoms with van der Waals surface area (Å²) in [6, 6.07) is 7.02. The number of aromatic nitrogens is 4. The standard InChI is InChI=1S/C22H21ClN10O3/c23-18-16(3-11(6-24)4-17(18)32-9-13(28-22(35)36)5-15(34)10-32)29-21-30-19(27-12-1-2-12)20-26-8-14(7-25)33(20)31-21/h3-4,8,12-13,15,28,34H,1-2,5,9-10H2,(H,35,36)(H2,27,29,30,31)/t13-,15+/m0/s1. The van der Waals surface area contributed by atoms with Gasteiger partial charge in [0.05, 0.1) is 46.4 Å². The van der Waals surface area contributed by atoms with E-state index < -0.39 is 18.2 Å². The first kappa shape index (κ1) is 23.4. The molecule has 1 amide bonds. The number of fused-ring (bicyclic) bond motifs is 1. The number of carboxylic acid groups (broad SMARTS) is 1. The number of imidazole rings is 1. The van der Waals surface area contributed by atoms with Crippen LogP contribution in [0, 0.1) is 22.7 Å². The van der Waals surface area contributed by atoms with Crippen molar-refractivity contribution >= 4 is 46.5 Å². The number of benzene rings is 1. The van der Waals surface area contributed by atoms with Crippen molar-refractivity contribution in [3.8, 4) is 12.1 Å². The molecule has 1 saturated carbocycles. The molecule has 2 aromatic heterocycles. The number of amides is 1. The largest absolute Gasteiger partial charge is 0.465 e. The topological polar surface area (TPSA) is 188 Å². The highest BCUT2D eigenvalue weighted by molar-refractivity contribution is 6.36. The van der Waals surface area contributed by atoms with Crippen molar-refractivity contribution in [3.05, 3.63) is 34.6 Å². The monoisotopic (exact) mass is 508 g/mol. The Morgan fingerprint density at radius 2 is 2.00 bits per heavy atom. The average molecular weight is 509 g/mol. The van der Waals surface area contributed by atoms with Gasteiger partial charge in [-0.15, -0.1) is 5.10 Å². The number of aliphatic hydroxyl groups excluding tert-OH is 1. The van der Waals surface area contributed by atoms with Gasteiger partial charge in [0.2, 0.25) is 5.95 Å². The molecular weight excluding hydrogens is 488 g/mol. The normalized spacial score (nSPS) is 19.4. The number of carbonyl (C=O) groups is 1. The van der Waals surface area contributed by atoms with Gasteiger partial charge in [0.1, 0.15) is 6.07 Å². The van der Waals surface area contributed by atoms with Crippen LogP contribution in [0.4, 0.5) is 27.9 Å². The second kappa shape index (κ2) is 9.37. The van der Waals surface area contributed by atoms with Crippen LogP contribution in [0.15, 0.2) is 18.3 Å². The average Bonchev–Trinajstić information content (AvgIpc) is 3.55. The van der Waals surface area contributed by atoms with E-state index in [1.165, 1.54) is 10.7 Å². The quantitative estimate of drug-likeness (QED) is 0.327. The molecule has 3 aromatic rings. The van der Waals surface area contributed by atoms with Gasteiger partial charge in [0.15, 0.2) is 17.2 Å². The van der Waals surface area contributed by atoms with Gasteiger partial charge in [-0.05, 0) is 31.4 Å². The van der Waals surface area contributed by atoms with Crippen LogP contribution >= 0.6 is 11.6 Å². The summed E-state index contributed by atoms with van der Waals surface area (Å²) < 4.78 is 1.38. The molecule has 0 spiro atoms. The maximum absolute atomic E-state index is 11.1. The molecule has 36 heavy (non-hydrogen) atoms. The zero-order chi connectivity index (χ0) is 25.4. The molecule has 1 saturated heterocycles. The van der Waals surface area contributed by atoms with Crippen molar-refractivity contribution in [3.63, 3.8) is 0 Å². The van der Waals surface area contributed by atoms with Gasteiger partial charge < -0.3 is 31.1 Å². The van der Waals surface area contributed by atoms with Crippen LogP contribution in [0.25, 0.3) is 5.65 Å². The van der Waals surface area contributed by atoms with Gasteiger partial charge in [0, 0.05) is 19.1 Å². The maximum Gasteiger partial charge on any atom is 0.404 e. The molecule has 0 radical (unpaired) electrons. The molecule has 2 fully saturated rings. The first-order valence-corrected chi connectivity index (χ1v) is 11.6. The molecule has 184 valence electrons. The number of nitrogens with zero attached hydrogens (tertiary/aromatic N) is 7. The highest BCUT2D eigenvalue weighted by atomic mass is 35.5. The molecule has 5 rings (SSSR count). The van der Waals surface area contributed by atoms with E-state index in [-0.39, 0.29) is 47.8 Å². The lowest BCUT2D eigenvalue weighted by Crippen LogP contribution is -2.52. The lowest BCUT2D eigenvalue weighted by Gasteiger charge is -2.37. The first-order chi connectivity index (χ1) is 17.3. The van der Waals surface area contributed by atoms with E-state index in [1.807, 2.05) is 6.07 Å². The third kappa shape index (κ3) is 4.75. The SMILES string of the molecule is N#Cc1cc(Nc2nc(NC3CC3)c3ncc(C#N)n3n2)c(Cl)c(N2C[C@H](O)C[C@H](NC(=O)O)C2)c1. The molecule has 13 nitrogen and oxygen atoms in total. The number of hydrogen-bond donors (Lipinski definition) is 5. The van der Waals surface area contributed by atoms with Gasteiger partial charge in [-0.2, -0.15) is 20.0 Å². The third-order valence-corrected chi connectivity index (χ3v) is 6.32. The van der Waals surface area contributed by atoms with Gasteiger partial charge in [0.25, 0.3) is 0 Å². The molecule has 1 aliphatic carbocycles. The second-order valence-corrected chi connectivity index (χ2v) is 9.11. The second-order valence-electron chi connectivity index (χ2n) is 8.73. The minimum atomic E-state index is -1.19. The molecular formula is C22H21ClN10O3. The predicted octanol–water partition coefficient (Wildman–Crippen LogP) is 2.05. The van der Waals surface area contributed by atoms with Crippen LogP contribution in [0.1, 0.15) is 30.5 Å². The van der Waals surface area contributed by atoms with Crippen LogP contribution in [0.3, 0.4) is 0 Å². The van der Waals surface area contributed by atoms with Crippen molar-refractivity contribution in [1.29, 1.82) is 10.5 Å². The van der Waals surface area contributed by atoms with E-state index >= 15 is 0 Å². The van der Waals surface area contributed by atoms with E-state index in [1.54, 1.807) is 17.0 Å². The fourth-order valence-corrected chi connectivity index (χ4v) is 4.47. The van der Waals surface area contributed by atoms with Gasteiger partial charge in [-0.3, -0.25) is 0 Å². The summed E-state index contributed by atoms with van der Waals surface area (Å²) >= 11 is 6.74. The number of rotatable bonds is 6. The fraction of sp³-hybridized carbons (Fsp3) is 0.364. The predicted molar refractivity (Wildman–Crippen MR) is 129 cm³/mol. The maximum atomic E-state index is 11.1. The van der Waals surface area contributed by atoms with Crippen molar-refractivity contribution < 1.29 is 15.0 Å². The van der Waals surface area contributed by atoms with E-state index in [0.717, 1.165) is 12.8 Å². The third-order valence-electron chi connectivity index (χ3n) is 5.92. The van der Waals surface area contributed by atoms with E-state index in [4.69, 9.17) is 16.7 Å². The molecule has 1 aliphatic heterocycles. The number of nitriles is 2. The molecule has 0 bridgehead atoms. The summed E-state index contributed by atoms with van der Waals surface area (Å²) in [7, 11) is 0. The Kier molecular flexibility index (Phi) is 6.10. The molecule has 3 heterocycles. The van der Waals surface area contributed by atoms with E-state index in [0.29, 0.717) is 22.8 Å². The Hall–Kier alpha value is -4.33. The molecule has 14 heteroatoms. The van der Waals surface area contributed by atoms with E-state index in [9.17, 15) is 20.4 Å². The first-order valence-electron chi connectivity index (χ1n) is 11.2. The highest BCUT2D eigenvalue weighted by Gasteiger charge is 2.29. The van der Waals surface area contributed by atoms with Crippen molar-refractivity contribution in [1.82, 2.24) is 24.9 Å². The Labute approximate surface area is 209 Å². The summed E-state index contributed by atoms with van der Waals surface area (Å²) in [6.45, 7) is 0.472. The van der Waals surface area contributed by atoms with Gasteiger partial charge in [-0.1, -0.05) is 11.6 Å². The van der Waals surface area contributed by atoms with Crippen LogP contribution in [-0.2, 0) is 0 Å². The van der Waals surface area contributed by atoms with E-state index in [2.05, 4.69) is 37.1 Å². The van der Waals surface area contributed by atoms with Crippen LogP contribution in [0.5, 0.6) is 0 Å². The number of piperidine rings is 1. The highest BCUT2D eigenvalue weighted by Crippen LogP contribution is 2.37. The van der Waals surface area contributed by atoms with Crippen molar-refractivity contribution in [2.24, 2.45) is 0 Å². The Bertz CT molecular complexity index is 1420. The molecule has 2 aliphatic rings. The Morgan fingerprint density at radius 3 is 2.69 bits per heavy atom. The number of halogens is 1. The molecule has 5 N–H and O–H groups in total. The number of aliphatic hydroxyl groups is 1. The van der Waals surface area contributed by atoms with Crippen LogP contribution in [0.2, 0.25) is 5.02 Å². The summed E-state index contributed by atoms with van der Waals surface area (Å²) in [5.74, 6) is 0.596. The fourth-order valence-electron chi connectivity index (χ4n) is 4.19. The summed E-state index contributed by atoms with van der Waals surface area (Å²) in [5, 5.41) is 51.8. The minimum Gasteiger partial charge on any atom is -0.465 e. The van der Waals surface area contributed by atoms with Gasteiger partial charge >= 0.3 is 6.09 Å². The smallest absolute Gasteiger partial charge is 0.404 e. The number of anilines is 4. The molecule has 0 unspecified atom stereocenters. The zero-order valence-corrected chi connectivity index (χ0v) is 19.6. The number of β-amino-alcohol motifs (C(OH)–C–C–N with tert-alkyl or cyclic N) is 1. The number of nitrogens with one attached hydrogen (secondary N) is 3. The summed E-state index contributed by atoms with van der Waals surface area (Å²) in [4.78, 5) is 21.6. The number of hydrogen-bond acceptors (Lipinski definition) is 10. The van der Waals surface area contributed by atoms with Crippen molar-refractivity contribution in [2.75, 3.05) is 28.6 Å². The molecule has 1 aromatic carbocycles. The van der Waals surface area contributed by atoms with Crippen LogP contribution in [-0.4, -0.2) is 67.2 Å². The van der Waals surface area contributed by atoms with Crippen molar-refractivity contribution in [2.45, 2.75) is 37.5 Å². The molecule has 2 atom stereocenters. The zero-order valence-electron chi connectivity index (χ0n) is 18.8. The Balaban J connectivity index is 1.51.